The fourth-order valence-electron chi connectivity index (χ4n) is 3.08. The molecule has 0 aliphatic heterocycles. The van der Waals surface area contributed by atoms with Crippen LogP contribution in [0.2, 0.25) is 0 Å². The molecule has 3 rings (SSSR count). The summed E-state index contributed by atoms with van der Waals surface area (Å²) in [7, 11) is 0. The monoisotopic (exact) mass is 342 g/mol. The number of para-hydroxylation sites is 1. The molecule has 0 saturated carbocycles. The molecule has 0 atom stereocenters. The zero-order valence-corrected chi connectivity index (χ0v) is 14.1. The average molecular weight is 342 g/mol. The van der Waals surface area contributed by atoms with Gasteiger partial charge in [0.05, 0.1) is 17.8 Å². The number of aryl methyl sites for hydroxylation is 1. The van der Waals surface area contributed by atoms with Crippen LogP contribution in [0.3, 0.4) is 0 Å². The van der Waals surface area contributed by atoms with Gasteiger partial charge in [0.15, 0.2) is 5.43 Å². The third kappa shape index (κ3) is 3.36. The largest absolute Gasteiger partial charge is 0.361 e. The number of H-pyrrole nitrogens is 1. The number of anilines is 1. The number of unbranched alkanes of at least 4 members (excludes halogenated alkanes) is 2. The lowest BCUT2D eigenvalue weighted by Gasteiger charge is -2.10. The van der Waals surface area contributed by atoms with E-state index in [4.69, 9.17) is 5.21 Å². The molecule has 7 nitrogen and oxygen atoms in total. The SMILES string of the molecule is CCCCCc1[nH]c2cc(=O)c3ccccc3n2c1NCC(=O)NO. The van der Waals surface area contributed by atoms with Crippen LogP contribution in [-0.2, 0) is 11.2 Å². The molecule has 132 valence electrons. The van der Waals surface area contributed by atoms with Gasteiger partial charge in [-0.3, -0.25) is 19.2 Å². The van der Waals surface area contributed by atoms with E-state index in [0.717, 1.165) is 42.7 Å². The molecule has 0 saturated heterocycles. The molecule has 0 bridgehead atoms. The van der Waals surface area contributed by atoms with Gasteiger partial charge in [-0.2, -0.15) is 0 Å². The number of fused-ring (bicyclic) bond motifs is 3. The topological polar surface area (TPSA) is 98.6 Å². The summed E-state index contributed by atoms with van der Waals surface area (Å²) in [5, 5.41) is 12.4. The fraction of sp³-hybridized carbons (Fsp3) is 0.333. The highest BCUT2D eigenvalue weighted by Gasteiger charge is 2.15. The fourth-order valence-corrected chi connectivity index (χ4v) is 3.08. The Morgan fingerprint density at radius 1 is 1.28 bits per heavy atom. The van der Waals surface area contributed by atoms with E-state index < -0.39 is 5.91 Å². The molecule has 2 aromatic heterocycles. The molecule has 7 heteroatoms. The predicted octanol–water partition coefficient (Wildman–Crippen LogP) is 2.43. The summed E-state index contributed by atoms with van der Waals surface area (Å²) in [6.45, 7) is 2.08. The summed E-state index contributed by atoms with van der Waals surface area (Å²) in [6.07, 6.45) is 4.02. The Morgan fingerprint density at radius 2 is 2.08 bits per heavy atom. The smallest absolute Gasteiger partial charge is 0.262 e. The maximum atomic E-state index is 12.3. The summed E-state index contributed by atoms with van der Waals surface area (Å²) in [5.74, 6) is 0.213. The number of benzene rings is 1. The van der Waals surface area contributed by atoms with Gasteiger partial charge in [0.2, 0.25) is 0 Å². The van der Waals surface area contributed by atoms with Crippen molar-refractivity contribution in [3.8, 4) is 0 Å². The van der Waals surface area contributed by atoms with Crippen molar-refractivity contribution in [3.63, 3.8) is 0 Å². The summed E-state index contributed by atoms with van der Waals surface area (Å²) < 4.78 is 1.92. The molecule has 1 aromatic carbocycles. The van der Waals surface area contributed by atoms with Crippen molar-refractivity contribution in [1.82, 2.24) is 14.9 Å². The lowest BCUT2D eigenvalue weighted by Crippen LogP contribution is -2.27. The van der Waals surface area contributed by atoms with Gasteiger partial charge in [0.1, 0.15) is 11.5 Å². The zero-order valence-electron chi connectivity index (χ0n) is 14.1. The number of amides is 1. The van der Waals surface area contributed by atoms with Gasteiger partial charge in [0, 0.05) is 11.5 Å². The quantitative estimate of drug-likeness (QED) is 0.301. The van der Waals surface area contributed by atoms with E-state index in [0.29, 0.717) is 11.0 Å². The number of rotatable bonds is 7. The van der Waals surface area contributed by atoms with Crippen molar-refractivity contribution >= 4 is 28.3 Å². The first kappa shape index (κ1) is 17.0. The predicted molar refractivity (Wildman–Crippen MR) is 97.2 cm³/mol. The van der Waals surface area contributed by atoms with Gasteiger partial charge in [-0.1, -0.05) is 31.9 Å². The minimum absolute atomic E-state index is 0.0448. The Hall–Kier alpha value is -2.80. The molecule has 2 heterocycles. The van der Waals surface area contributed by atoms with Crippen LogP contribution < -0.4 is 16.2 Å². The minimum Gasteiger partial charge on any atom is -0.361 e. The van der Waals surface area contributed by atoms with E-state index >= 15 is 0 Å². The molecular formula is C18H22N4O3. The first-order valence-electron chi connectivity index (χ1n) is 8.48. The summed E-state index contributed by atoms with van der Waals surface area (Å²) >= 11 is 0. The number of nitrogens with one attached hydrogen (secondary N) is 3. The van der Waals surface area contributed by atoms with Crippen molar-refractivity contribution in [2.45, 2.75) is 32.6 Å². The van der Waals surface area contributed by atoms with E-state index in [1.165, 1.54) is 0 Å². The van der Waals surface area contributed by atoms with E-state index in [1.807, 2.05) is 22.6 Å². The zero-order chi connectivity index (χ0) is 17.8. The normalized spacial score (nSPS) is 11.1. The van der Waals surface area contributed by atoms with Crippen LogP contribution in [0.1, 0.15) is 31.9 Å². The van der Waals surface area contributed by atoms with Crippen LogP contribution in [0.4, 0.5) is 5.82 Å². The Morgan fingerprint density at radius 3 is 2.84 bits per heavy atom. The first-order valence-corrected chi connectivity index (χ1v) is 8.48. The van der Waals surface area contributed by atoms with Crippen LogP contribution in [-0.4, -0.2) is 27.0 Å². The van der Waals surface area contributed by atoms with Crippen LogP contribution in [0, 0.1) is 0 Å². The van der Waals surface area contributed by atoms with E-state index in [1.54, 1.807) is 17.6 Å². The van der Waals surface area contributed by atoms with Gasteiger partial charge >= 0.3 is 0 Å². The second kappa shape index (κ2) is 7.40. The number of hydrogen-bond donors (Lipinski definition) is 4. The minimum atomic E-state index is -0.529. The number of nitrogens with zero attached hydrogens (tertiary/aromatic N) is 1. The first-order chi connectivity index (χ1) is 12.2. The maximum Gasteiger partial charge on any atom is 0.262 e. The summed E-state index contributed by atoms with van der Waals surface area (Å²) in [6, 6.07) is 8.95. The number of carbonyl (C=O) groups excluding carboxylic acids is 1. The Kier molecular flexibility index (Phi) is 5.04. The van der Waals surface area contributed by atoms with Crippen LogP contribution in [0.25, 0.3) is 16.6 Å². The van der Waals surface area contributed by atoms with Gasteiger partial charge in [-0.15, -0.1) is 0 Å². The lowest BCUT2D eigenvalue weighted by molar-refractivity contribution is -0.127. The van der Waals surface area contributed by atoms with Crippen molar-refractivity contribution < 1.29 is 10.0 Å². The maximum absolute atomic E-state index is 12.3. The molecule has 0 spiro atoms. The number of carbonyl (C=O) groups is 1. The third-order valence-electron chi connectivity index (χ3n) is 4.28. The van der Waals surface area contributed by atoms with Gasteiger partial charge < -0.3 is 10.3 Å². The van der Waals surface area contributed by atoms with E-state index in [-0.39, 0.29) is 12.0 Å². The summed E-state index contributed by atoms with van der Waals surface area (Å²) in [5.41, 5.74) is 3.97. The standard InChI is InChI=1S/C18H22N4O3/c1-2-3-4-8-13-18(19-11-17(24)21-25)22-14-9-6-5-7-12(14)15(23)10-16(22)20-13/h5-7,9-10,19-20,25H,2-4,8,11H2,1H3,(H,21,24). The molecule has 1 amide bonds. The molecule has 0 aliphatic rings. The summed E-state index contributed by atoms with van der Waals surface area (Å²) in [4.78, 5) is 27.1. The Bertz CT molecular complexity index is 958. The molecule has 0 aliphatic carbocycles. The highest BCUT2D eigenvalue weighted by atomic mass is 16.5. The van der Waals surface area contributed by atoms with Crippen LogP contribution in [0.15, 0.2) is 35.1 Å². The molecule has 0 radical (unpaired) electrons. The van der Waals surface area contributed by atoms with Crippen molar-refractivity contribution in [3.05, 3.63) is 46.2 Å². The number of pyridine rings is 1. The molecule has 0 unspecified atom stereocenters. The van der Waals surface area contributed by atoms with E-state index in [9.17, 15) is 9.59 Å². The number of hydroxylamine groups is 1. The Balaban J connectivity index is 2.15. The molecular weight excluding hydrogens is 320 g/mol. The van der Waals surface area contributed by atoms with Gasteiger partial charge in [0.25, 0.3) is 5.91 Å². The second-order valence-electron chi connectivity index (χ2n) is 6.04. The second-order valence-corrected chi connectivity index (χ2v) is 6.04. The van der Waals surface area contributed by atoms with Gasteiger partial charge in [-0.05, 0) is 25.0 Å². The molecule has 25 heavy (non-hydrogen) atoms. The highest BCUT2D eigenvalue weighted by molar-refractivity contribution is 5.85. The highest BCUT2D eigenvalue weighted by Crippen LogP contribution is 2.24. The van der Waals surface area contributed by atoms with Gasteiger partial charge in [-0.25, -0.2) is 5.48 Å². The average Bonchev–Trinajstić information content (AvgIpc) is 2.97. The number of aromatic nitrogens is 2. The molecule has 0 fully saturated rings. The van der Waals surface area contributed by atoms with Crippen molar-refractivity contribution in [1.29, 1.82) is 0 Å². The Labute approximate surface area is 144 Å². The van der Waals surface area contributed by atoms with E-state index in [2.05, 4.69) is 17.2 Å². The van der Waals surface area contributed by atoms with Crippen LogP contribution in [0.5, 0.6) is 0 Å². The number of aromatic amines is 1. The number of imidazole rings is 1. The molecule has 3 aromatic rings. The number of hydrogen-bond acceptors (Lipinski definition) is 4. The third-order valence-corrected chi connectivity index (χ3v) is 4.28. The van der Waals surface area contributed by atoms with Crippen molar-refractivity contribution in [2.24, 2.45) is 0 Å². The molecule has 4 N–H and O–H groups in total. The lowest BCUT2D eigenvalue weighted by atomic mass is 10.1. The van der Waals surface area contributed by atoms with Crippen molar-refractivity contribution in [2.75, 3.05) is 11.9 Å². The van der Waals surface area contributed by atoms with Crippen LogP contribution >= 0.6 is 0 Å².